The first-order valence-corrected chi connectivity index (χ1v) is 5.59. The maximum atomic E-state index is 5.97. The average Bonchev–Trinajstić information content (AvgIpc) is 2.91. The monoisotopic (exact) mass is 250 g/mol. The first-order chi connectivity index (χ1) is 6.65. The highest BCUT2D eigenvalue weighted by Gasteiger charge is 2.42. The van der Waals surface area contributed by atoms with Crippen molar-refractivity contribution in [1.29, 1.82) is 0 Å². The normalized spacial score (nSPS) is 17.9. The van der Waals surface area contributed by atoms with E-state index in [1.807, 2.05) is 0 Å². The molecule has 2 rings (SSSR count). The van der Waals surface area contributed by atoms with Crippen molar-refractivity contribution >= 4 is 40.6 Å². The Morgan fingerprint density at radius 3 is 2.64 bits per heavy atom. The smallest absolute Gasteiger partial charge is 0.145 e. The second-order valence-electron chi connectivity index (χ2n) is 3.52. The third-order valence-electron chi connectivity index (χ3n) is 2.30. The fraction of sp³-hybridized carbons (Fsp3) is 0.444. The van der Waals surface area contributed by atoms with Crippen LogP contribution in [0.15, 0.2) is 12.3 Å². The van der Waals surface area contributed by atoms with E-state index in [2.05, 4.69) is 10.3 Å². The van der Waals surface area contributed by atoms with Crippen LogP contribution in [0.25, 0.3) is 0 Å². The van der Waals surface area contributed by atoms with Crippen molar-refractivity contribution in [2.75, 3.05) is 11.2 Å². The molecule has 0 aliphatic heterocycles. The summed E-state index contributed by atoms with van der Waals surface area (Å²) in [6.07, 6.45) is 3.70. The summed E-state index contributed by atoms with van der Waals surface area (Å²) in [6, 6.07) is 1.67. The number of hydrogen-bond donors (Lipinski definition) is 1. The molecule has 0 saturated heterocycles. The van der Waals surface area contributed by atoms with Gasteiger partial charge in [-0.1, -0.05) is 23.2 Å². The topological polar surface area (TPSA) is 24.9 Å². The number of hydrogen-bond acceptors (Lipinski definition) is 2. The van der Waals surface area contributed by atoms with Crippen molar-refractivity contribution in [1.82, 2.24) is 4.98 Å². The third-order valence-corrected chi connectivity index (χ3v) is 3.31. The van der Waals surface area contributed by atoms with Crippen LogP contribution >= 0.6 is 34.8 Å². The Hall–Kier alpha value is -0.180. The minimum absolute atomic E-state index is 0.00598. The summed E-state index contributed by atoms with van der Waals surface area (Å²) >= 11 is 17.5. The lowest BCUT2D eigenvalue weighted by Gasteiger charge is -2.15. The van der Waals surface area contributed by atoms with Gasteiger partial charge >= 0.3 is 0 Å². The Bertz CT molecular complexity index is 350. The van der Waals surface area contributed by atoms with Gasteiger partial charge in [-0.3, -0.25) is 0 Å². The highest BCUT2D eigenvalue weighted by atomic mass is 35.5. The third kappa shape index (κ3) is 2.08. The van der Waals surface area contributed by atoms with Crippen LogP contribution in [0.3, 0.4) is 0 Å². The van der Waals surface area contributed by atoms with Crippen LogP contribution in [0.5, 0.6) is 0 Å². The highest BCUT2D eigenvalue weighted by molar-refractivity contribution is 6.36. The molecular weight excluding hydrogens is 242 g/mol. The molecule has 2 nitrogen and oxygen atoms in total. The van der Waals surface area contributed by atoms with Crippen LogP contribution in [0.4, 0.5) is 5.82 Å². The van der Waals surface area contributed by atoms with E-state index in [1.165, 1.54) is 0 Å². The van der Waals surface area contributed by atoms with Gasteiger partial charge in [-0.15, -0.1) is 11.6 Å². The zero-order chi connectivity index (χ0) is 10.2. The van der Waals surface area contributed by atoms with Gasteiger partial charge in [0, 0.05) is 12.1 Å². The standard InChI is InChI=1S/C9H9Cl3N2/c10-5-9(1-2-9)14-8-7(12)3-6(11)4-13-8/h3-4H,1-2,5H2,(H,13,14). The van der Waals surface area contributed by atoms with Gasteiger partial charge < -0.3 is 5.32 Å². The van der Waals surface area contributed by atoms with Gasteiger partial charge in [0.05, 0.1) is 15.6 Å². The Morgan fingerprint density at radius 2 is 2.14 bits per heavy atom. The van der Waals surface area contributed by atoms with Gasteiger partial charge in [-0.05, 0) is 18.9 Å². The number of halogens is 3. The Balaban J connectivity index is 2.17. The average molecular weight is 252 g/mol. The first-order valence-electron chi connectivity index (χ1n) is 4.30. The highest BCUT2D eigenvalue weighted by Crippen LogP contribution is 2.40. The molecule has 0 spiro atoms. The van der Waals surface area contributed by atoms with E-state index in [4.69, 9.17) is 34.8 Å². The van der Waals surface area contributed by atoms with E-state index in [0.717, 1.165) is 12.8 Å². The molecule has 1 aliphatic rings. The van der Waals surface area contributed by atoms with Crippen molar-refractivity contribution in [2.45, 2.75) is 18.4 Å². The summed E-state index contributed by atoms with van der Waals surface area (Å²) in [6.45, 7) is 0. The minimum Gasteiger partial charge on any atom is -0.362 e. The predicted molar refractivity (Wildman–Crippen MR) is 60.6 cm³/mol. The van der Waals surface area contributed by atoms with Crippen molar-refractivity contribution in [3.8, 4) is 0 Å². The maximum absolute atomic E-state index is 5.97. The van der Waals surface area contributed by atoms with Gasteiger partial charge in [-0.2, -0.15) is 0 Å². The van der Waals surface area contributed by atoms with E-state index in [0.29, 0.717) is 21.7 Å². The van der Waals surface area contributed by atoms with Crippen LogP contribution < -0.4 is 5.32 Å². The second-order valence-corrected chi connectivity index (χ2v) is 4.63. The summed E-state index contributed by atoms with van der Waals surface area (Å²) in [7, 11) is 0. The SMILES string of the molecule is ClCC1(Nc2ncc(Cl)cc2Cl)CC1. The number of aromatic nitrogens is 1. The molecule has 1 aliphatic carbocycles. The van der Waals surface area contributed by atoms with Crippen molar-refractivity contribution in [3.05, 3.63) is 22.3 Å². The van der Waals surface area contributed by atoms with Crippen molar-refractivity contribution < 1.29 is 0 Å². The number of alkyl halides is 1. The molecule has 1 heterocycles. The molecule has 0 unspecified atom stereocenters. The molecule has 1 fully saturated rings. The zero-order valence-corrected chi connectivity index (χ0v) is 9.62. The van der Waals surface area contributed by atoms with Gasteiger partial charge in [0.1, 0.15) is 5.82 Å². The van der Waals surface area contributed by atoms with E-state index < -0.39 is 0 Å². The van der Waals surface area contributed by atoms with Crippen molar-refractivity contribution in [2.24, 2.45) is 0 Å². The summed E-state index contributed by atoms with van der Waals surface area (Å²) in [5.74, 6) is 1.24. The lowest BCUT2D eigenvalue weighted by atomic mass is 10.3. The quantitative estimate of drug-likeness (QED) is 0.831. The van der Waals surface area contributed by atoms with Crippen LogP contribution in [0.2, 0.25) is 10.0 Å². The van der Waals surface area contributed by atoms with Crippen LogP contribution in [-0.4, -0.2) is 16.4 Å². The number of rotatable bonds is 3. The molecule has 0 radical (unpaired) electrons. The first kappa shape index (κ1) is 10.3. The molecule has 14 heavy (non-hydrogen) atoms. The maximum Gasteiger partial charge on any atom is 0.145 e. The summed E-state index contributed by atoms with van der Waals surface area (Å²) in [5, 5.41) is 4.32. The molecular formula is C9H9Cl3N2. The minimum atomic E-state index is 0.00598. The van der Waals surface area contributed by atoms with Gasteiger partial charge in [0.15, 0.2) is 0 Å². The van der Waals surface area contributed by atoms with Crippen molar-refractivity contribution in [3.63, 3.8) is 0 Å². The largest absolute Gasteiger partial charge is 0.362 e. The number of nitrogens with one attached hydrogen (secondary N) is 1. The molecule has 76 valence electrons. The molecule has 0 amide bonds. The predicted octanol–water partition coefficient (Wildman–Crippen LogP) is 3.57. The van der Waals surface area contributed by atoms with E-state index in [9.17, 15) is 0 Å². The number of pyridine rings is 1. The molecule has 1 aromatic rings. The Labute approximate surface area is 97.6 Å². The summed E-state index contributed by atoms with van der Waals surface area (Å²) in [5.41, 5.74) is 0.00598. The number of anilines is 1. The molecule has 1 saturated carbocycles. The second kappa shape index (κ2) is 3.76. The fourth-order valence-corrected chi connectivity index (χ4v) is 1.96. The molecule has 1 N–H and O–H groups in total. The van der Waals surface area contributed by atoms with Crippen LogP contribution in [0, 0.1) is 0 Å². The van der Waals surface area contributed by atoms with Crippen LogP contribution in [-0.2, 0) is 0 Å². The lowest BCUT2D eigenvalue weighted by Crippen LogP contribution is -2.23. The summed E-state index contributed by atoms with van der Waals surface area (Å²) < 4.78 is 0. The zero-order valence-electron chi connectivity index (χ0n) is 7.36. The Morgan fingerprint density at radius 1 is 1.43 bits per heavy atom. The van der Waals surface area contributed by atoms with Gasteiger partial charge in [0.25, 0.3) is 0 Å². The molecule has 0 aromatic carbocycles. The molecule has 1 aromatic heterocycles. The van der Waals surface area contributed by atoms with Gasteiger partial charge in [0.2, 0.25) is 0 Å². The molecule has 0 atom stereocenters. The Kier molecular flexibility index (Phi) is 2.78. The molecule has 0 bridgehead atoms. The van der Waals surface area contributed by atoms with Gasteiger partial charge in [-0.25, -0.2) is 4.98 Å². The number of nitrogens with zero attached hydrogens (tertiary/aromatic N) is 1. The van der Waals surface area contributed by atoms with E-state index >= 15 is 0 Å². The summed E-state index contributed by atoms with van der Waals surface area (Å²) in [4.78, 5) is 4.12. The van der Waals surface area contributed by atoms with E-state index in [-0.39, 0.29) is 5.54 Å². The lowest BCUT2D eigenvalue weighted by molar-refractivity contribution is 0.829. The van der Waals surface area contributed by atoms with Crippen LogP contribution in [0.1, 0.15) is 12.8 Å². The fourth-order valence-electron chi connectivity index (χ4n) is 1.20. The molecule has 5 heteroatoms. The van der Waals surface area contributed by atoms with E-state index in [1.54, 1.807) is 12.3 Å².